The van der Waals surface area contributed by atoms with Gasteiger partial charge in [-0.3, -0.25) is 28.9 Å². The summed E-state index contributed by atoms with van der Waals surface area (Å²) in [4.78, 5) is 59.6. The number of benzene rings is 4. The van der Waals surface area contributed by atoms with Gasteiger partial charge in [0.15, 0.2) is 6.67 Å². The summed E-state index contributed by atoms with van der Waals surface area (Å²) in [5.74, 6) is -0.759. The Bertz CT molecular complexity index is 1570. The lowest BCUT2D eigenvalue weighted by Gasteiger charge is -2.33. The first-order valence-electron chi connectivity index (χ1n) is 17.2. The molecular weight excluding hydrogens is 702 g/mol. The van der Waals surface area contributed by atoms with Crippen molar-refractivity contribution in [3.63, 3.8) is 0 Å². The maximum atomic E-state index is 11.4. The first kappa shape index (κ1) is 51.3. The van der Waals surface area contributed by atoms with Gasteiger partial charge in [0.2, 0.25) is 5.91 Å². The van der Waals surface area contributed by atoms with Crippen LogP contribution in [-0.4, -0.2) is 107 Å². The van der Waals surface area contributed by atoms with Gasteiger partial charge >= 0.3 is 0 Å². The highest BCUT2D eigenvalue weighted by atomic mass is 16.7. The van der Waals surface area contributed by atoms with Crippen LogP contribution >= 0.6 is 0 Å². The molecule has 0 aliphatic rings. The Morgan fingerprint density at radius 2 is 0.927 bits per heavy atom. The smallest absolute Gasteiger partial charge is 0.255 e. The van der Waals surface area contributed by atoms with E-state index in [0.717, 1.165) is 0 Å². The molecule has 4 rings (SSSR count). The maximum Gasteiger partial charge on any atom is 0.255 e. The number of hydrogen-bond donors (Lipinski definition) is 4. The van der Waals surface area contributed by atoms with Crippen molar-refractivity contribution >= 4 is 30.4 Å². The molecule has 4 aromatic rings. The van der Waals surface area contributed by atoms with E-state index in [4.69, 9.17) is 15.4 Å². The van der Waals surface area contributed by atoms with Crippen LogP contribution in [0.2, 0.25) is 0 Å². The molecule has 4 amide bonds. The highest BCUT2D eigenvalue weighted by Crippen LogP contribution is 2.00. The topological polar surface area (TPSA) is 186 Å². The van der Waals surface area contributed by atoms with Gasteiger partial charge in [-0.1, -0.05) is 93.1 Å². The SMILES string of the molecule is C=O.CCC.CN(C)CNC(=O)c1ccccc1.CN(C)OCNC(=O)c1ccccc1.C[N+](C)([O-])CNC(=O)c1ccccc1.NC(=O)c1ccccc1. The van der Waals surface area contributed by atoms with Crippen molar-refractivity contribution in [1.82, 2.24) is 25.9 Å². The Kier molecular flexibility index (Phi) is 29.6. The molecule has 55 heavy (non-hydrogen) atoms. The van der Waals surface area contributed by atoms with E-state index in [0.29, 0.717) is 28.9 Å². The second kappa shape index (κ2) is 31.7. The molecule has 0 saturated heterocycles. The molecule has 5 N–H and O–H groups in total. The van der Waals surface area contributed by atoms with Gasteiger partial charge in [-0.15, -0.1) is 0 Å². The summed E-state index contributed by atoms with van der Waals surface area (Å²) >= 11 is 0. The van der Waals surface area contributed by atoms with Crippen molar-refractivity contribution in [3.8, 4) is 0 Å². The van der Waals surface area contributed by atoms with E-state index in [9.17, 15) is 24.4 Å². The number of quaternary nitrogens is 1. The molecule has 0 bridgehead atoms. The fourth-order valence-electron chi connectivity index (χ4n) is 3.40. The number of rotatable bonds is 11. The molecule has 0 fully saturated rings. The fraction of sp³-hybridized carbons (Fsp3) is 0.293. The first-order chi connectivity index (χ1) is 26.1. The number of carbonyl (C=O) groups excluding carboxylic acids is 5. The van der Waals surface area contributed by atoms with Gasteiger partial charge in [0.25, 0.3) is 17.7 Å². The fourth-order valence-corrected chi connectivity index (χ4v) is 3.40. The Morgan fingerprint density at radius 3 is 1.20 bits per heavy atom. The average Bonchev–Trinajstić information content (AvgIpc) is 3.18. The minimum absolute atomic E-state index is 0.0331. The van der Waals surface area contributed by atoms with E-state index in [2.05, 4.69) is 29.8 Å². The van der Waals surface area contributed by atoms with Gasteiger partial charge in [-0.05, 0) is 62.6 Å². The summed E-state index contributed by atoms with van der Waals surface area (Å²) in [6.07, 6.45) is 1.25. The summed E-state index contributed by atoms with van der Waals surface area (Å²) in [5, 5.41) is 20.7. The van der Waals surface area contributed by atoms with Crippen molar-refractivity contribution in [2.24, 2.45) is 5.73 Å². The summed E-state index contributed by atoms with van der Waals surface area (Å²) in [7, 11) is 10.3. The molecule has 0 radical (unpaired) electrons. The highest BCUT2D eigenvalue weighted by molar-refractivity contribution is 5.95. The minimum atomic E-state index is -0.529. The van der Waals surface area contributed by atoms with E-state index in [1.54, 1.807) is 86.9 Å². The monoisotopic (exact) mass is 761 g/mol. The van der Waals surface area contributed by atoms with Gasteiger partial charge in [0, 0.05) is 36.3 Å². The summed E-state index contributed by atoms with van der Waals surface area (Å²) < 4.78 is -0.529. The molecule has 300 valence electrons. The molecule has 0 aliphatic heterocycles. The third-order valence-corrected chi connectivity index (χ3v) is 5.90. The van der Waals surface area contributed by atoms with Crippen molar-refractivity contribution in [2.45, 2.75) is 20.3 Å². The summed E-state index contributed by atoms with van der Waals surface area (Å²) in [6, 6.07) is 35.8. The van der Waals surface area contributed by atoms with Crippen LogP contribution in [-0.2, 0) is 9.63 Å². The zero-order chi connectivity index (χ0) is 42.1. The zero-order valence-corrected chi connectivity index (χ0v) is 33.4. The van der Waals surface area contributed by atoms with Crippen LogP contribution in [0.15, 0.2) is 121 Å². The zero-order valence-electron chi connectivity index (χ0n) is 33.4. The Balaban J connectivity index is 0. The largest absolute Gasteiger partial charge is 0.632 e. The van der Waals surface area contributed by atoms with Gasteiger partial charge in [-0.25, -0.2) is 0 Å². The van der Waals surface area contributed by atoms with Crippen LogP contribution in [0.4, 0.5) is 0 Å². The molecule has 4 aromatic carbocycles. The quantitative estimate of drug-likeness (QED) is 0.0950. The Morgan fingerprint density at radius 1 is 0.618 bits per heavy atom. The molecule has 0 unspecified atom stereocenters. The van der Waals surface area contributed by atoms with Crippen molar-refractivity contribution < 1.29 is 33.5 Å². The number of primary amides is 1. The summed E-state index contributed by atoms with van der Waals surface area (Å²) in [5.41, 5.74) is 7.43. The molecule has 14 heteroatoms. The van der Waals surface area contributed by atoms with Crippen LogP contribution < -0.4 is 21.7 Å². The standard InChI is InChI=1S/2C10H14N2O2.C10H14N2O.C7H7NO.C3H8.CH2O/c1-12(2)14-8-11-10(13)9-6-4-3-5-7-9;1-12(2,14)8-11-10(13)9-6-4-3-5-7-9;1-12(2)8-11-10(13)9-6-4-3-5-7-9;8-7(9)6-4-2-1-3-5-6;1-3-2;1-2/h2*3-7H,8H2,1-2H3,(H,11,13);3-7H,8H2,1-2H3,(H,11,13);1-5H,(H2,8,9);3H2,1-2H3;1H2. The van der Waals surface area contributed by atoms with Crippen LogP contribution in [0, 0.1) is 5.21 Å². The van der Waals surface area contributed by atoms with Crippen LogP contribution in [0.5, 0.6) is 0 Å². The second-order valence-corrected chi connectivity index (χ2v) is 12.1. The Hall–Kier alpha value is -5.77. The van der Waals surface area contributed by atoms with Crippen molar-refractivity contribution in [3.05, 3.63) is 149 Å². The Labute approximate surface area is 326 Å². The third-order valence-electron chi connectivity index (χ3n) is 5.90. The number of nitrogens with two attached hydrogens (primary N) is 1. The predicted octanol–water partition coefficient (Wildman–Crippen LogP) is 4.77. The number of nitrogens with zero attached hydrogens (tertiary/aromatic N) is 3. The van der Waals surface area contributed by atoms with Crippen LogP contribution in [0.3, 0.4) is 0 Å². The number of nitrogens with one attached hydrogen (secondary N) is 3. The second-order valence-electron chi connectivity index (χ2n) is 12.1. The lowest BCUT2D eigenvalue weighted by atomic mass is 10.2. The minimum Gasteiger partial charge on any atom is -0.632 e. The van der Waals surface area contributed by atoms with Crippen LogP contribution in [0.1, 0.15) is 61.7 Å². The van der Waals surface area contributed by atoms with Crippen LogP contribution in [0.25, 0.3) is 0 Å². The molecule has 0 spiro atoms. The number of amides is 4. The lowest BCUT2D eigenvalue weighted by Crippen LogP contribution is -2.43. The molecule has 0 saturated carbocycles. The lowest BCUT2D eigenvalue weighted by molar-refractivity contribution is -0.841. The number of hydrogen-bond acceptors (Lipinski definition) is 9. The maximum absolute atomic E-state index is 11.4. The van der Waals surface area contributed by atoms with E-state index in [-0.39, 0.29) is 37.0 Å². The molecule has 0 atom stereocenters. The predicted molar refractivity (Wildman–Crippen MR) is 218 cm³/mol. The van der Waals surface area contributed by atoms with E-state index in [1.165, 1.54) is 25.6 Å². The van der Waals surface area contributed by atoms with Crippen molar-refractivity contribution in [2.75, 3.05) is 62.4 Å². The van der Waals surface area contributed by atoms with Gasteiger partial charge < -0.3 is 36.3 Å². The van der Waals surface area contributed by atoms with Crippen molar-refractivity contribution in [1.29, 1.82) is 0 Å². The van der Waals surface area contributed by atoms with E-state index < -0.39 is 4.65 Å². The van der Waals surface area contributed by atoms with Gasteiger partial charge in [-0.2, -0.15) is 5.06 Å². The number of hydroxylamine groups is 5. The van der Waals surface area contributed by atoms with Gasteiger partial charge in [0.1, 0.15) is 13.5 Å². The molecule has 0 aliphatic carbocycles. The normalized spacial score (nSPS) is 9.65. The molecule has 0 aromatic heterocycles. The average molecular weight is 762 g/mol. The van der Waals surface area contributed by atoms with E-state index >= 15 is 0 Å². The molecule has 14 nitrogen and oxygen atoms in total. The molecular formula is C41H59N7O7. The van der Waals surface area contributed by atoms with Gasteiger partial charge in [0.05, 0.1) is 20.8 Å². The highest BCUT2D eigenvalue weighted by Gasteiger charge is 2.07. The van der Waals surface area contributed by atoms with E-state index in [1.807, 2.05) is 74.3 Å². The number of carbonyl (C=O) groups is 5. The first-order valence-corrected chi connectivity index (χ1v) is 17.2. The summed E-state index contributed by atoms with van der Waals surface area (Å²) in [6.45, 7) is 7.07. The molecule has 0 heterocycles. The third kappa shape index (κ3) is 29.4.